The van der Waals surface area contributed by atoms with Crippen LogP contribution >= 0.6 is 0 Å². The van der Waals surface area contributed by atoms with Gasteiger partial charge in [-0.1, -0.05) is 0 Å². The zero-order chi connectivity index (χ0) is 21.4. The lowest BCUT2D eigenvalue weighted by Gasteiger charge is -2.09. The summed E-state index contributed by atoms with van der Waals surface area (Å²) in [7, 11) is 0. The van der Waals surface area contributed by atoms with E-state index in [1.165, 1.54) is 0 Å². The van der Waals surface area contributed by atoms with Crippen LogP contribution in [0.25, 0.3) is 0 Å². The van der Waals surface area contributed by atoms with Gasteiger partial charge in [0.25, 0.3) is 0 Å². The minimum atomic E-state index is -0.804. The molecule has 0 aromatic carbocycles. The van der Waals surface area contributed by atoms with E-state index in [1.54, 1.807) is 27.7 Å². The second-order valence-electron chi connectivity index (χ2n) is 6.18. The second kappa shape index (κ2) is 15.3. The molecule has 0 aliphatic rings. The molecule has 0 bridgehead atoms. The molecule has 2 amide bonds. The molecular weight excluding hydrogens is 372 g/mol. The fourth-order valence-electron chi connectivity index (χ4n) is 1.68. The van der Waals surface area contributed by atoms with Gasteiger partial charge in [0.15, 0.2) is 6.73 Å². The Kier molecular flexibility index (Phi) is 13.8. The highest BCUT2D eigenvalue weighted by Crippen LogP contribution is 1.97. The quantitative estimate of drug-likeness (QED) is 0.167. The van der Waals surface area contributed by atoms with E-state index >= 15 is 0 Å². The smallest absolute Gasteiger partial charge is 0.410 e. The first-order valence-corrected chi connectivity index (χ1v) is 9.11. The van der Waals surface area contributed by atoms with Gasteiger partial charge in [-0.15, -0.1) is 0 Å². The van der Waals surface area contributed by atoms with Crippen molar-refractivity contribution >= 4 is 24.1 Å². The predicted molar refractivity (Wildman–Crippen MR) is 99.3 cm³/mol. The Morgan fingerprint density at radius 2 is 1.29 bits per heavy atom. The number of amides is 2. The maximum atomic E-state index is 11.5. The molecule has 28 heavy (non-hydrogen) atoms. The molecule has 10 heteroatoms. The van der Waals surface area contributed by atoms with Crippen LogP contribution < -0.4 is 10.6 Å². The molecule has 2 N–H and O–H groups in total. The van der Waals surface area contributed by atoms with Crippen LogP contribution in [0.3, 0.4) is 0 Å². The monoisotopic (exact) mass is 402 g/mol. The van der Waals surface area contributed by atoms with Crippen LogP contribution in [0.15, 0.2) is 12.2 Å². The van der Waals surface area contributed by atoms with Crippen LogP contribution in [0.4, 0.5) is 9.59 Å². The van der Waals surface area contributed by atoms with Gasteiger partial charge in [-0.3, -0.25) is 5.32 Å². The molecule has 10 nitrogen and oxygen atoms in total. The number of carbonyl (C=O) groups is 4. The number of carbonyl (C=O) groups excluding carboxylic acids is 4. The lowest BCUT2D eigenvalue weighted by molar-refractivity contribution is -0.140. The Morgan fingerprint density at radius 3 is 1.86 bits per heavy atom. The molecule has 0 rings (SSSR count). The van der Waals surface area contributed by atoms with Crippen LogP contribution in [-0.2, 0) is 28.5 Å². The third-order valence-electron chi connectivity index (χ3n) is 2.81. The molecule has 0 unspecified atom stereocenters. The van der Waals surface area contributed by atoms with Crippen LogP contribution in [0, 0.1) is 0 Å². The Balaban J connectivity index is 3.68. The van der Waals surface area contributed by atoms with Gasteiger partial charge >= 0.3 is 24.1 Å². The summed E-state index contributed by atoms with van der Waals surface area (Å²) < 4.78 is 19.3. The molecule has 0 aromatic heterocycles. The minimum absolute atomic E-state index is 0.164. The number of hydrogen-bond donors (Lipinski definition) is 2. The molecule has 0 aromatic rings. The van der Waals surface area contributed by atoms with E-state index in [-0.39, 0.29) is 25.5 Å². The fourth-order valence-corrected chi connectivity index (χ4v) is 1.68. The Bertz CT molecular complexity index is 532. The van der Waals surface area contributed by atoms with Crippen molar-refractivity contribution in [1.29, 1.82) is 0 Å². The van der Waals surface area contributed by atoms with Crippen molar-refractivity contribution in [3.63, 3.8) is 0 Å². The van der Waals surface area contributed by atoms with Crippen molar-refractivity contribution in [2.24, 2.45) is 0 Å². The maximum absolute atomic E-state index is 11.5. The van der Waals surface area contributed by atoms with Crippen molar-refractivity contribution in [2.45, 2.75) is 59.2 Å². The van der Waals surface area contributed by atoms with Crippen LogP contribution in [0.2, 0.25) is 0 Å². The number of hydrogen-bond acceptors (Lipinski definition) is 8. The highest BCUT2D eigenvalue weighted by molar-refractivity contribution is 5.91. The highest BCUT2D eigenvalue weighted by atomic mass is 16.6. The summed E-state index contributed by atoms with van der Waals surface area (Å²) in [6, 6.07) is 0. The van der Waals surface area contributed by atoms with E-state index < -0.39 is 24.1 Å². The summed E-state index contributed by atoms with van der Waals surface area (Å²) in [4.78, 5) is 45.2. The summed E-state index contributed by atoms with van der Waals surface area (Å²) in [6.45, 7) is 7.19. The van der Waals surface area contributed by atoms with Gasteiger partial charge in [-0.25, -0.2) is 19.2 Å². The first-order valence-electron chi connectivity index (χ1n) is 9.11. The number of nitrogens with one attached hydrogen (secondary N) is 2. The van der Waals surface area contributed by atoms with Crippen molar-refractivity contribution in [3.05, 3.63) is 12.2 Å². The lowest BCUT2D eigenvalue weighted by atomic mass is 10.2. The molecule has 0 saturated carbocycles. The van der Waals surface area contributed by atoms with Gasteiger partial charge in [0.2, 0.25) is 0 Å². The third-order valence-corrected chi connectivity index (χ3v) is 2.81. The Morgan fingerprint density at radius 1 is 0.750 bits per heavy atom. The average molecular weight is 402 g/mol. The van der Waals surface area contributed by atoms with Crippen molar-refractivity contribution < 1.29 is 38.1 Å². The van der Waals surface area contributed by atoms with Gasteiger partial charge in [0.1, 0.15) is 0 Å². The van der Waals surface area contributed by atoms with Crippen molar-refractivity contribution in [2.75, 3.05) is 19.9 Å². The number of rotatable bonds is 12. The summed E-state index contributed by atoms with van der Waals surface area (Å²) in [6.07, 6.45) is 2.32. The third kappa shape index (κ3) is 16.7. The summed E-state index contributed by atoms with van der Waals surface area (Å²) in [5, 5.41) is 4.83. The van der Waals surface area contributed by atoms with Crippen molar-refractivity contribution in [1.82, 2.24) is 10.6 Å². The van der Waals surface area contributed by atoms with Gasteiger partial charge in [-0.05, 0) is 47.0 Å². The van der Waals surface area contributed by atoms with E-state index in [1.807, 2.05) is 0 Å². The highest BCUT2D eigenvalue weighted by Gasteiger charge is 2.06. The standard InChI is InChI=1S/C18H30N2O8/c1-13(2)27-17(23)19-10-6-5-7-11-25-15(21)8-9-16(22)26-12-20-18(24)28-14(3)4/h8-9,13-14H,5-7,10-12H2,1-4H3,(H,19,23)(H,20,24)/b9-8+. The van der Waals surface area contributed by atoms with Crippen LogP contribution in [0.1, 0.15) is 47.0 Å². The van der Waals surface area contributed by atoms with Gasteiger partial charge in [0.05, 0.1) is 18.8 Å². The molecule has 160 valence electrons. The van der Waals surface area contributed by atoms with E-state index in [4.69, 9.17) is 14.2 Å². The number of alkyl carbamates (subject to hydrolysis) is 2. The minimum Gasteiger partial charge on any atom is -0.463 e. The first-order chi connectivity index (χ1) is 13.2. The van der Waals surface area contributed by atoms with E-state index in [9.17, 15) is 19.2 Å². The molecule has 0 fully saturated rings. The molecule has 0 aliphatic heterocycles. The van der Waals surface area contributed by atoms with E-state index in [0.717, 1.165) is 25.0 Å². The molecule has 0 spiro atoms. The number of esters is 2. The van der Waals surface area contributed by atoms with Crippen LogP contribution in [0.5, 0.6) is 0 Å². The Hall–Kier alpha value is -2.78. The van der Waals surface area contributed by atoms with E-state index in [0.29, 0.717) is 13.0 Å². The Labute approximate surface area is 164 Å². The van der Waals surface area contributed by atoms with Gasteiger partial charge in [-0.2, -0.15) is 0 Å². The molecule has 0 atom stereocenters. The summed E-state index contributed by atoms with van der Waals surface area (Å²) >= 11 is 0. The number of ether oxygens (including phenoxy) is 4. The van der Waals surface area contributed by atoms with E-state index in [2.05, 4.69) is 15.4 Å². The molecule has 0 saturated heterocycles. The van der Waals surface area contributed by atoms with Gasteiger partial charge < -0.3 is 24.3 Å². The molecular formula is C18H30N2O8. The molecule has 0 heterocycles. The topological polar surface area (TPSA) is 129 Å². The SMILES string of the molecule is CC(C)OC(=O)NCCCCCOC(=O)/C=C/C(=O)OCNC(=O)OC(C)C. The average Bonchev–Trinajstić information content (AvgIpc) is 2.57. The summed E-state index contributed by atoms with van der Waals surface area (Å²) in [5.74, 6) is -1.48. The van der Waals surface area contributed by atoms with Gasteiger partial charge in [0, 0.05) is 18.7 Å². The largest absolute Gasteiger partial charge is 0.463 e. The summed E-state index contributed by atoms with van der Waals surface area (Å²) in [5.41, 5.74) is 0. The predicted octanol–water partition coefficient (Wildman–Crippen LogP) is 2.03. The zero-order valence-corrected chi connectivity index (χ0v) is 16.8. The first kappa shape index (κ1) is 25.2. The second-order valence-corrected chi connectivity index (χ2v) is 6.18. The molecule has 0 aliphatic carbocycles. The zero-order valence-electron chi connectivity index (χ0n) is 16.8. The lowest BCUT2D eigenvalue weighted by Crippen LogP contribution is -2.29. The maximum Gasteiger partial charge on any atom is 0.410 e. The normalized spacial score (nSPS) is 10.6. The molecule has 0 radical (unpaired) electrons. The van der Waals surface area contributed by atoms with Crippen LogP contribution in [-0.4, -0.2) is 56.2 Å². The van der Waals surface area contributed by atoms with Crippen molar-refractivity contribution in [3.8, 4) is 0 Å². The fraction of sp³-hybridized carbons (Fsp3) is 0.667. The number of unbranched alkanes of at least 4 members (excludes halogenated alkanes) is 2.